The molecule has 2 aromatic rings. The van der Waals surface area contributed by atoms with Crippen LogP contribution < -0.4 is 5.32 Å². The van der Waals surface area contributed by atoms with E-state index in [1.165, 1.54) is 0 Å². The molecule has 0 saturated heterocycles. The number of carbonyl (C=O) groups excluding carboxylic acids is 1. The molecule has 1 aromatic carbocycles. The Hall–Kier alpha value is -1.94. The van der Waals surface area contributed by atoms with Gasteiger partial charge in [0.25, 0.3) is 5.91 Å². The largest absolute Gasteiger partial charge is 0.391 e. The van der Waals surface area contributed by atoms with Crippen LogP contribution >= 0.6 is 0 Å². The summed E-state index contributed by atoms with van der Waals surface area (Å²) in [5.74, 6) is -0.202. The van der Waals surface area contributed by atoms with Gasteiger partial charge in [-0.3, -0.25) is 9.78 Å². The van der Waals surface area contributed by atoms with E-state index in [0.29, 0.717) is 17.5 Å². The maximum Gasteiger partial charge on any atom is 0.253 e. The summed E-state index contributed by atoms with van der Waals surface area (Å²) >= 11 is 0. The number of pyridine rings is 1. The van der Waals surface area contributed by atoms with Crippen molar-refractivity contribution >= 4 is 16.8 Å². The Bertz CT molecular complexity index is 549. The maximum absolute atomic E-state index is 12.0. The molecular weight excluding hydrogens is 228 g/mol. The lowest BCUT2D eigenvalue weighted by Gasteiger charge is -2.10. The minimum atomic E-state index is -0.503. The number of aliphatic hydroxyl groups is 1. The Labute approximate surface area is 106 Å². The van der Waals surface area contributed by atoms with Crippen molar-refractivity contribution in [3.05, 3.63) is 42.1 Å². The molecule has 1 aromatic heterocycles. The van der Waals surface area contributed by atoms with E-state index < -0.39 is 6.10 Å². The van der Waals surface area contributed by atoms with Gasteiger partial charge in [0.2, 0.25) is 0 Å². The van der Waals surface area contributed by atoms with Gasteiger partial charge in [-0.25, -0.2) is 0 Å². The van der Waals surface area contributed by atoms with Gasteiger partial charge in [-0.05, 0) is 18.6 Å². The van der Waals surface area contributed by atoms with Crippen LogP contribution in [0.3, 0.4) is 0 Å². The van der Waals surface area contributed by atoms with E-state index in [0.717, 1.165) is 5.39 Å². The van der Waals surface area contributed by atoms with Crippen LogP contribution in [0.15, 0.2) is 36.5 Å². The third-order valence-corrected chi connectivity index (χ3v) is 2.85. The van der Waals surface area contributed by atoms with Crippen molar-refractivity contribution in [1.82, 2.24) is 10.3 Å². The second kappa shape index (κ2) is 5.60. The molecule has 1 amide bonds. The van der Waals surface area contributed by atoms with Gasteiger partial charge >= 0.3 is 0 Å². The fourth-order valence-electron chi connectivity index (χ4n) is 1.74. The van der Waals surface area contributed by atoms with Crippen molar-refractivity contribution in [2.75, 3.05) is 6.54 Å². The Kier molecular flexibility index (Phi) is 3.89. The van der Waals surface area contributed by atoms with Crippen molar-refractivity contribution in [3.63, 3.8) is 0 Å². The average Bonchev–Trinajstić information content (AvgIpc) is 2.43. The summed E-state index contributed by atoms with van der Waals surface area (Å²) in [5.41, 5.74) is 1.22. The molecule has 0 fully saturated rings. The van der Waals surface area contributed by atoms with Crippen LogP contribution in [-0.4, -0.2) is 28.6 Å². The van der Waals surface area contributed by atoms with Gasteiger partial charge in [0.1, 0.15) is 0 Å². The minimum absolute atomic E-state index is 0.202. The number of nitrogens with zero attached hydrogens (tertiary/aromatic N) is 1. The van der Waals surface area contributed by atoms with Gasteiger partial charge in [0.15, 0.2) is 0 Å². The van der Waals surface area contributed by atoms with Crippen LogP contribution in [0.2, 0.25) is 0 Å². The van der Waals surface area contributed by atoms with E-state index >= 15 is 0 Å². The number of aliphatic hydroxyl groups excluding tert-OH is 1. The highest BCUT2D eigenvalue weighted by atomic mass is 16.3. The molecule has 94 valence electrons. The topological polar surface area (TPSA) is 62.2 Å². The first-order chi connectivity index (χ1) is 8.72. The third-order valence-electron chi connectivity index (χ3n) is 2.85. The minimum Gasteiger partial charge on any atom is -0.391 e. The molecule has 4 heteroatoms. The van der Waals surface area contributed by atoms with Crippen LogP contribution in [-0.2, 0) is 0 Å². The zero-order valence-corrected chi connectivity index (χ0v) is 10.3. The highest BCUT2D eigenvalue weighted by Gasteiger charge is 2.11. The predicted molar refractivity (Wildman–Crippen MR) is 70.4 cm³/mol. The van der Waals surface area contributed by atoms with Crippen molar-refractivity contribution in [3.8, 4) is 0 Å². The molecule has 18 heavy (non-hydrogen) atoms. The normalized spacial score (nSPS) is 12.3. The molecule has 0 aliphatic rings. The van der Waals surface area contributed by atoms with E-state index in [-0.39, 0.29) is 12.5 Å². The van der Waals surface area contributed by atoms with Gasteiger partial charge in [-0.1, -0.05) is 25.1 Å². The molecule has 2 N–H and O–H groups in total. The quantitative estimate of drug-likeness (QED) is 0.861. The lowest BCUT2D eigenvalue weighted by molar-refractivity contribution is 0.0915. The van der Waals surface area contributed by atoms with Crippen LogP contribution in [0.1, 0.15) is 23.7 Å². The molecule has 0 bridgehead atoms. The molecule has 0 aliphatic carbocycles. The number of nitrogens with one attached hydrogen (secondary N) is 1. The summed E-state index contributed by atoms with van der Waals surface area (Å²) in [6.07, 6.45) is 1.78. The lowest BCUT2D eigenvalue weighted by atomic mass is 10.1. The molecule has 2 rings (SSSR count). The molecule has 0 saturated carbocycles. The fourth-order valence-corrected chi connectivity index (χ4v) is 1.74. The lowest BCUT2D eigenvalue weighted by Crippen LogP contribution is -2.31. The predicted octanol–water partition coefficient (Wildman–Crippen LogP) is 1.74. The van der Waals surface area contributed by atoms with E-state index in [2.05, 4.69) is 10.3 Å². The van der Waals surface area contributed by atoms with E-state index in [1.807, 2.05) is 31.2 Å². The number of fused-ring (bicyclic) bond motifs is 1. The van der Waals surface area contributed by atoms with Crippen molar-refractivity contribution < 1.29 is 9.90 Å². The van der Waals surface area contributed by atoms with Crippen LogP contribution in [0.25, 0.3) is 10.9 Å². The standard InChI is InChI=1S/C14H16N2O2/c1-2-11(17)9-16-14(18)12-7-3-5-10-6-4-8-15-13(10)12/h3-8,11,17H,2,9H2,1H3,(H,16,18). The summed E-state index contributed by atoms with van der Waals surface area (Å²) in [5, 5.41) is 13.1. The SMILES string of the molecule is CCC(O)CNC(=O)c1cccc2cccnc12. The fraction of sp³-hybridized carbons (Fsp3) is 0.286. The number of aromatic nitrogens is 1. The molecule has 4 nitrogen and oxygen atoms in total. The zero-order valence-electron chi connectivity index (χ0n) is 10.3. The summed E-state index contributed by atoms with van der Waals surface area (Å²) < 4.78 is 0. The van der Waals surface area contributed by atoms with E-state index in [1.54, 1.807) is 12.3 Å². The van der Waals surface area contributed by atoms with Gasteiger partial charge < -0.3 is 10.4 Å². The molecule has 0 aliphatic heterocycles. The van der Waals surface area contributed by atoms with Crippen molar-refractivity contribution in [1.29, 1.82) is 0 Å². The van der Waals surface area contributed by atoms with Gasteiger partial charge in [-0.15, -0.1) is 0 Å². The highest BCUT2D eigenvalue weighted by Crippen LogP contribution is 2.15. The smallest absolute Gasteiger partial charge is 0.253 e. The Balaban J connectivity index is 2.22. The van der Waals surface area contributed by atoms with E-state index in [9.17, 15) is 9.90 Å². The van der Waals surface area contributed by atoms with Gasteiger partial charge in [-0.2, -0.15) is 0 Å². The number of benzene rings is 1. The van der Waals surface area contributed by atoms with Gasteiger partial charge in [0, 0.05) is 18.1 Å². The first-order valence-electron chi connectivity index (χ1n) is 6.02. The summed E-state index contributed by atoms with van der Waals surface area (Å²) in [4.78, 5) is 16.2. The first-order valence-corrected chi connectivity index (χ1v) is 6.02. The first kappa shape index (κ1) is 12.5. The number of rotatable bonds is 4. The Morgan fingerprint density at radius 1 is 1.39 bits per heavy atom. The van der Waals surface area contributed by atoms with Crippen LogP contribution in [0, 0.1) is 0 Å². The molecule has 1 atom stereocenters. The second-order valence-electron chi connectivity index (χ2n) is 4.15. The number of hydrogen-bond donors (Lipinski definition) is 2. The average molecular weight is 244 g/mol. The monoisotopic (exact) mass is 244 g/mol. The number of amides is 1. The maximum atomic E-state index is 12.0. The van der Waals surface area contributed by atoms with Crippen LogP contribution in [0.5, 0.6) is 0 Å². The molecular formula is C14H16N2O2. The van der Waals surface area contributed by atoms with Crippen molar-refractivity contribution in [2.24, 2.45) is 0 Å². The van der Waals surface area contributed by atoms with Gasteiger partial charge in [0.05, 0.1) is 17.2 Å². The number of hydrogen-bond acceptors (Lipinski definition) is 3. The zero-order chi connectivity index (χ0) is 13.0. The van der Waals surface area contributed by atoms with Crippen molar-refractivity contribution in [2.45, 2.75) is 19.4 Å². The molecule has 0 spiro atoms. The number of carbonyl (C=O) groups is 1. The Morgan fingerprint density at radius 2 is 2.17 bits per heavy atom. The summed E-state index contributed by atoms with van der Waals surface area (Å²) in [7, 11) is 0. The van der Waals surface area contributed by atoms with E-state index in [4.69, 9.17) is 0 Å². The Morgan fingerprint density at radius 3 is 2.94 bits per heavy atom. The summed E-state index contributed by atoms with van der Waals surface area (Å²) in [6, 6.07) is 9.24. The second-order valence-corrected chi connectivity index (χ2v) is 4.15. The van der Waals surface area contributed by atoms with Crippen LogP contribution in [0.4, 0.5) is 0 Å². The third kappa shape index (κ3) is 2.65. The molecule has 1 heterocycles. The number of para-hydroxylation sites is 1. The molecule has 0 radical (unpaired) electrons. The highest BCUT2D eigenvalue weighted by molar-refractivity contribution is 6.05. The molecule has 1 unspecified atom stereocenters. The summed E-state index contributed by atoms with van der Waals surface area (Å²) in [6.45, 7) is 2.13.